The van der Waals surface area contributed by atoms with Crippen molar-refractivity contribution < 1.29 is 19.1 Å². The van der Waals surface area contributed by atoms with Crippen LogP contribution < -0.4 is 10.6 Å². The van der Waals surface area contributed by atoms with E-state index in [9.17, 15) is 9.59 Å². The van der Waals surface area contributed by atoms with Crippen LogP contribution in [0.4, 0.5) is 9.59 Å². The molecule has 2 N–H and O–H groups in total. The summed E-state index contributed by atoms with van der Waals surface area (Å²) in [7, 11) is 0. The van der Waals surface area contributed by atoms with E-state index in [4.69, 9.17) is 0 Å². The normalized spacial score (nSPS) is 7.88. The Balaban J connectivity index is -0.000000845. The molecular formula is C10H24N2O4. The second-order valence-corrected chi connectivity index (χ2v) is 2.33. The van der Waals surface area contributed by atoms with Gasteiger partial charge in [0.1, 0.15) is 13.2 Å². The molecule has 0 aliphatic heterocycles. The highest BCUT2D eigenvalue weighted by atomic mass is 16.6. The zero-order valence-corrected chi connectivity index (χ0v) is 8.46. The number of nitrogens with one attached hydrogen (secondary N) is 2. The van der Waals surface area contributed by atoms with Gasteiger partial charge in [-0.3, -0.25) is 0 Å². The van der Waals surface area contributed by atoms with E-state index >= 15 is 0 Å². The van der Waals surface area contributed by atoms with Crippen molar-refractivity contribution in [2.45, 2.75) is 28.7 Å². The second-order valence-electron chi connectivity index (χ2n) is 2.33. The first-order valence-corrected chi connectivity index (χ1v) is 4.52. The number of alkyl carbamates (subject to hydrolysis) is 2. The molecule has 0 saturated heterocycles. The van der Waals surface area contributed by atoms with Crippen LogP contribution in [0, 0.1) is 0 Å². The standard InChI is InChI=1S/C8H16N2O4.2CH4/c1-3-9-7(11)13-5-6-14-8(12)10-4-2;;/h3-6H2,1-2H3,(H,9,11)(H,10,12);2*1H4. The molecule has 0 aromatic rings. The van der Waals surface area contributed by atoms with Crippen LogP contribution in [0.1, 0.15) is 28.7 Å². The molecule has 0 aromatic carbocycles. The van der Waals surface area contributed by atoms with Crippen molar-refractivity contribution in [1.29, 1.82) is 0 Å². The summed E-state index contributed by atoms with van der Waals surface area (Å²) in [5.74, 6) is 0. The van der Waals surface area contributed by atoms with E-state index < -0.39 is 12.2 Å². The molecule has 0 unspecified atom stereocenters. The first-order chi connectivity index (χ1) is 6.70. The maximum atomic E-state index is 10.7. The van der Waals surface area contributed by atoms with Crippen LogP contribution in [0.15, 0.2) is 0 Å². The Morgan fingerprint density at radius 2 is 1.19 bits per heavy atom. The van der Waals surface area contributed by atoms with E-state index in [0.29, 0.717) is 13.1 Å². The summed E-state index contributed by atoms with van der Waals surface area (Å²) in [5, 5.41) is 4.88. The molecule has 6 nitrogen and oxygen atoms in total. The molecule has 0 fully saturated rings. The molecule has 0 aliphatic carbocycles. The highest BCUT2D eigenvalue weighted by Crippen LogP contribution is 1.81. The summed E-state index contributed by atoms with van der Waals surface area (Å²) in [6, 6.07) is 0. The number of ether oxygens (including phenoxy) is 2. The van der Waals surface area contributed by atoms with Crippen LogP contribution in [0.25, 0.3) is 0 Å². The maximum absolute atomic E-state index is 10.7. The topological polar surface area (TPSA) is 76.7 Å². The third-order valence-electron chi connectivity index (χ3n) is 1.19. The van der Waals surface area contributed by atoms with Gasteiger partial charge in [-0.1, -0.05) is 14.9 Å². The van der Waals surface area contributed by atoms with Crippen LogP contribution in [0.5, 0.6) is 0 Å². The highest BCUT2D eigenvalue weighted by Gasteiger charge is 2.01. The molecule has 16 heavy (non-hydrogen) atoms. The Kier molecular flexibility index (Phi) is 16.9. The molecule has 0 spiro atoms. The van der Waals surface area contributed by atoms with Gasteiger partial charge in [-0.15, -0.1) is 0 Å². The zero-order chi connectivity index (χ0) is 10.8. The van der Waals surface area contributed by atoms with Crippen LogP contribution in [0.2, 0.25) is 0 Å². The van der Waals surface area contributed by atoms with Crippen molar-refractivity contribution in [3.63, 3.8) is 0 Å². The number of hydrogen-bond acceptors (Lipinski definition) is 4. The molecule has 0 saturated carbocycles. The highest BCUT2D eigenvalue weighted by molar-refractivity contribution is 5.67. The summed E-state index contributed by atoms with van der Waals surface area (Å²) in [4.78, 5) is 21.4. The largest absolute Gasteiger partial charge is 0.446 e. The van der Waals surface area contributed by atoms with Gasteiger partial charge in [-0.2, -0.15) is 0 Å². The smallest absolute Gasteiger partial charge is 0.407 e. The molecule has 0 heterocycles. The molecule has 0 aromatic heterocycles. The van der Waals surface area contributed by atoms with Gasteiger partial charge >= 0.3 is 12.2 Å². The van der Waals surface area contributed by atoms with E-state index in [1.54, 1.807) is 13.8 Å². The maximum Gasteiger partial charge on any atom is 0.407 e. The lowest BCUT2D eigenvalue weighted by Gasteiger charge is -2.06. The SMILES string of the molecule is C.C.CCNC(=O)OCCOC(=O)NCC. The first-order valence-electron chi connectivity index (χ1n) is 4.52. The van der Waals surface area contributed by atoms with Gasteiger partial charge in [0.25, 0.3) is 0 Å². The van der Waals surface area contributed by atoms with Gasteiger partial charge < -0.3 is 20.1 Å². The summed E-state index contributed by atoms with van der Waals surface area (Å²) < 4.78 is 9.31. The van der Waals surface area contributed by atoms with Crippen molar-refractivity contribution in [2.75, 3.05) is 26.3 Å². The second kappa shape index (κ2) is 13.5. The Bertz CT molecular complexity index is 166. The van der Waals surface area contributed by atoms with Gasteiger partial charge in [0, 0.05) is 13.1 Å². The fraction of sp³-hybridized carbons (Fsp3) is 0.800. The lowest BCUT2D eigenvalue weighted by Crippen LogP contribution is -2.28. The number of hydrogen-bond donors (Lipinski definition) is 2. The van der Waals surface area contributed by atoms with Gasteiger partial charge in [0.2, 0.25) is 0 Å². The van der Waals surface area contributed by atoms with Crippen LogP contribution in [0.3, 0.4) is 0 Å². The summed E-state index contributed by atoms with van der Waals surface area (Å²) in [6.07, 6.45) is -1.01. The Hall–Kier alpha value is -1.46. The summed E-state index contributed by atoms with van der Waals surface area (Å²) in [6.45, 7) is 4.71. The van der Waals surface area contributed by atoms with Crippen molar-refractivity contribution in [2.24, 2.45) is 0 Å². The van der Waals surface area contributed by atoms with E-state index in [1.807, 2.05) is 0 Å². The summed E-state index contributed by atoms with van der Waals surface area (Å²) >= 11 is 0. The molecule has 2 amide bonds. The van der Waals surface area contributed by atoms with Crippen molar-refractivity contribution >= 4 is 12.2 Å². The minimum absolute atomic E-state index is 0. The van der Waals surface area contributed by atoms with E-state index in [2.05, 4.69) is 20.1 Å². The molecule has 6 heteroatoms. The lowest BCUT2D eigenvalue weighted by atomic mass is 10.7. The van der Waals surface area contributed by atoms with Crippen molar-refractivity contribution in [3.8, 4) is 0 Å². The summed E-state index contributed by atoms with van der Waals surface area (Å²) in [5.41, 5.74) is 0. The quantitative estimate of drug-likeness (QED) is 0.713. The first kappa shape index (κ1) is 20.0. The Labute approximate surface area is 97.7 Å². The number of rotatable bonds is 5. The van der Waals surface area contributed by atoms with Crippen molar-refractivity contribution in [3.05, 3.63) is 0 Å². The predicted octanol–water partition coefficient (Wildman–Crippen LogP) is 1.75. The molecule has 0 aliphatic rings. The van der Waals surface area contributed by atoms with Crippen LogP contribution in [-0.4, -0.2) is 38.5 Å². The zero-order valence-electron chi connectivity index (χ0n) is 8.46. The molecule has 0 atom stereocenters. The van der Waals surface area contributed by atoms with Gasteiger partial charge in [0.15, 0.2) is 0 Å². The average Bonchev–Trinajstić information content (AvgIpc) is 2.13. The molecular weight excluding hydrogens is 212 g/mol. The van der Waals surface area contributed by atoms with E-state index in [0.717, 1.165) is 0 Å². The van der Waals surface area contributed by atoms with Crippen LogP contribution >= 0.6 is 0 Å². The molecule has 0 bridgehead atoms. The number of carbonyl (C=O) groups is 2. The lowest BCUT2D eigenvalue weighted by molar-refractivity contribution is 0.0962. The molecule has 0 radical (unpaired) electrons. The van der Waals surface area contributed by atoms with Crippen LogP contribution in [-0.2, 0) is 9.47 Å². The van der Waals surface area contributed by atoms with Gasteiger partial charge in [-0.05, 0) is 13.8 Å². The van der Waals surface area contributed by atoms with Gasteiger partial charge in [-0.25, -0.2) is 9.59 Å². The molecule has 0 rings (SSSR count). The van der Waals surface area contributed by atoms with E-state index in [-0.39, 0.29) is 28.1 Å². The minimum Gasteiger partial charge on any atom is -0.446 e. The monoisotopic (exact) mass is 236 g/mol. The predicted molar refractivity (Wildman–Crippen MR) is 63.5 cm³/mol. The third kappa shape index (κ3) is 12.5. The Morgan fingerprint density at radius 3 is 1.44 bits per heavy atom. The minimum atomic E-state index is -0.507. The van der Waals surface area contributed by atoms with Gasteiger partial charge in [0.05, 0.1) is 0 Å². The van der Waals surface area contributed by atoms with E-state index in [1.165, 1.54) is 0 Å². The number of carbonyl (C=O) groups excluding carboxylic acids is 2. The fourth-order valence-corrected chi connectivity index (χ4v) is 0.659. The average molecular weight is 236 g/mol. The third-order valence-corrected chi connectivity index (χ3v) is 1.19. The van der Waals surface area contributed by atoms with Crippen molar-refractivity contribution in [1.82, 2.24) is 10.6 Å². The number of amides is 2. The Morgan fingerprint density at radius 1 is 0.875 bits per heavy atom. The fourth-order valence-electron chi connectivity index (χ4n) is 0.659. The molecule has 98 valence electrons.